The largest absolute Gasteiger partial charge is 0.469 e. The monoisotopic (exact) mass is 423 g/mol. The Bertz CT molecular complexity index is 644. The molecule has 3 rings (SSSR count). The summed E-state index contributed by atoms with van der Waals surface area (Å²) in [6, 6.07) is -0.0757. The van der Waals surface area contributed by atoms with Crippen LogP contribution in [-0.2, 0) is 24.3 Å². The van der Waals surface area contributed by atoms with Crippen LogP contribution in [0.1, 0.15) is 38.5 Å². The first-order valence-electron chi connectivity index (χ1n) is 9.52. The Hall–Kier alpha value is -0.900. The summed E-state index contributed by atoms with van der Waals surface area (Å²) in [5.41, 5.74) is 0. The fraction of sp³-hybridized carbons (Fsp3) is 0.882. The third kappa shape index (κ3) is 4.75. The van der Waals surface area contributed by atoms with Crippen LogP contribution >= 0.6 is 12.4 Å². The summed E-state index contributed by atoms with van der Waals surface area (Å²) >= 11 is 0. The zero-order valence-electron chi connectivity index (χ0n) is 15.8. The molecule has 0 spiro atoms. The molecule has 0 bridgehead atoms. The van der Waals surface area contributed by atoms with Gasteiger partial charge in [0.1, 0.15) is 0 Å². The van der Waals surface area contributed by atoms with E-state index in [4.69, 9.17) is 4.74 Å². The molecule has 2 aliphatic heterocycles. The minimum Gasteiger partial charge on any atom is -0.469 e. The zero-order chi connectivity index (χ0) is 18.7. The van der Waals surface area contributed by atoms with Gasteiger partial charge in [-0.05, 0) is 25.7 Å². The van der Waals surface area contributed by atoms with E-state index in [0.29, 0.717) is 39.0 Å². The first-order chi connectivity index (χ1) is 12.4. The molecular weight excluding hydrogens is 394 g/mol. The third-order valence-corrected chi connectivity index (χ3v) is 8.26. The molecule has 3 atom stereocenters. The molecule has 3 fully saturated rings. The number of rotatable bonds is 4. The number of piperidine rings is 1. The minimum absolute atomic E-state index is 0. The fourth-order valence-electron chi connectivity index (χ4n) is 4.48. The van der Waals surface area contributed by atoms with Gasteiger partial charge in [0.2, 0.25) is 15.9 Å². The number of piperazine rings is 1. The maximum absolute atomic E-state index is 13.3. The first-order valence-corrected chi connectivity index (χ1v) is 11.0. The minimum atomic E-state index is -3.60. The summed E-state index contributed by atoms with van der Waals surface area (Å²) in [5, 5.41) is 2.34. The Balaban J connectivity index is 0.00000261. The van der Waals surface area contributed by atoms with E-state index in [2.05, 4.69) is 5.32 Å². The highest BCUT2D eigenvalue weighted by molar-refractivity contribution is 7.89. The van der Waals surface area contributed by atoms with E-state index in [1.807, 2.05) is 4.90 Å². The number of halogens is 1. The van der Waals surface area contributed by atoms with Gasteiger partial charge in [0.05, 0.1) is 24.8 Å². The van der Waals surface area contributed by atoms with Crippen LogP contribution in [-0.4, -0.2) is 80.6 Å². The Kier molecular flexibility index (Phi) is 7.91. The summed E-state index contributed by atoms with van der Waals surface area (Å²) in [5.74, 6) is -0.977. The highest BCUT2D eigenvalue weighted by Gasteiger charge is 2.45. The van der Waals surface area contributed by atoms with Crippen LogP contribution in [0.4, 0.5) is 0 Å². The molecule has 0 radical (unpaired) electrons. The number of hydrogen-bond donors (Lipinski definition) is 1. The Labute approximate surface area is 167 Å². The summed E-state index contributed by atoms with van der Waals surface area (Å²) in [6.45, 7) is 2.46. The van der Waals surface area contributed by atoms with E-state index in [1.54, 1.807) is 0 Å². The van der Waals surface area contributed by atoms with Gasteiger partial charge >= 0.3 is 5.97 Å². The van der Waals surface area contributed by atoms with Gasteiger partial charge in [-0.15, -0.1) is 12.4 Å². The predicted octanol–water partition coefficient (Wildman–Crippen LogP) is 0.366. The van der Waals surface area contributed by atoms with Crippen molar-refractivity contribution in [3.8, 4) is 0 Å². The average Bonchev–Trinajstić information content (AvgIpc) is 2.68. The standard InChI is InChI=1S/C17H29N3O5S.ClH/c1-25-17(22)14-6-2-3-7-15(14)26(23,24)19-9-4-5-13(12-19)20-10-8-18-11-16(20)21;/h13-15,18H,2-12H2,1H3;1H. The quantitative estimate of drug-likeness (QED) is 0.656. The van der Waals surface area contributed by atoms with E-state index < -0.39 is 27.2 Å². The Morgan fingerprint density at radius 2 is 1.89 bits per heavy atom. The van der Waals surface area contributed by atoms with E-state index >= 15 is 0 Å². The number of nitrogens with zero attached hydrogens (tertiary/aromatic N) is 2. The lowest BCUT2D eigenvalue weighted by Crippen LogP contribution is -2.58. The molecule has 3 aliphatic rings. The SMILES string of the molecule is COC(=O)C1CCCCC1S(=O)(=O)N1CCCC(N2CCNCC2=O)C1.Cl. The Morgan fingerprint density at radius 1 is 1.15 bits per heavy atom. The summed E-state index contributed by atoms with van der Waals surface area (Å²) in [6.07, 6.45) is 4.27. The maximum Gasteiger partial charge on any atom is 0.310 e. The van der Waals surface area contributed by atoms with Crippen molar-refractivity contribution in [1.29, 1.82) is 0 Å². The molecule has 0 aromatic rings. The van der Waals surface area contributed by atoms with Gasteiger partial charge in [-0.25, -0.2) is 8.42 Å². The molecule has 0 aromatic heterocycles. The number of sulfonamides is 1. The molecule has 0 aromatic carbocycles. The molecule has 3 unspecified atom stereocenters. The average molecular weight is 424 g/mol. The summed E-state index contributed by atoms with van der Waals surface area (Å²) in [4.78, 5) is 26.1. The van der Waals surface area contributed by atoms with Gasteiger partial charge in [-0.2, -0.15) is 4.31 Å². The van der Waals surface area contributed by atoms with Crippen LogP contribution in [0.2, 0.25) is 0 Å². The number of amides is 1. The van der Waals surface area contributed by atoms with Gasteiger partial charge in [0.15, 0.2) is 0 Å². The van der Waals surface area contributed by atoms with Crippen molar-refractivity contribution in [2.24, 2.45) is 5.92 Å². The van der Waals surface area contributed by atoms with Crippen LogP contribution in [0.5, 0.6) is 0 Å². The number of carbonyl (C=O) groups excluding carboxylic acids is 2. The maximum atomic E-state index is 13.3. The van der Waals surface area contributed by atoms with Crippen LogP contribution in [0, 0.1) is 5.92 Å². The lowest BCUT2D eigenvalue weighted by molar-refractivity contribution is -0.146. The molecule has 8 nitrogen and oxygen atoms in total. The van der Waals surface area contributed by atoms with Gasteiger partial charge in [-0.3, -0.25) is 9.59 Å². The Morgan fingerprint density at radius 3 is 2.59 bits per heavy atom. The molecule has 2 saturated heterocycles. The van der Waals surface area contributed by atoms with Crippen molar-refractivity contribution in [2.75, 3.05) is 39.8 Å². The first kappa shape index (κ1) is 22.4. The fourth-order valence-corrected chi connectivity index (χ4v) is 6.75. The third-order valence-electron chi connectivity index (χ3n) is 5.88. The number of methoxy groups -OCH3 is 1. The summed E-state index contributed by atoms with van der Waals surface area (Å²) < 4.78 is 32.9. The molecular formula is C17H30ClN3O5S. The predicted molar refractivity (Wildman–Crippen MR) is 103 cm³/mol. The molecule has 1 N–H and O–H groups in total. The van der Waals surface area contributed by atoms with Crippen LogP contribution < -0.4 is 5.32 Å². The molecule has 27 heavy (non-hydrogen) atoms. The summed E-state index contributed by atoms with van der Waals surface area (Å²) in [7, 11) is -2.29. The van der Waals surface area contributed by atoms with Gasteiger partial charge in [0, 0.05) is 32.2 Å². The molecule has 10 heteroatoms. The van der Waals surface area contributed by atoms with Crippen molar-refractivity contribution >= 4 is 34.3 Å². The van der Waals surface area contributed by atoms with Gasteiger partial charge in [0.25, 0.3) is 0 Å². The van der Waals surface area contributed by atoms with E-state index in [9.17, 15) is 18.0 Å². The van der Waals surface area contributed by atoms with Crippen molar-refractivity contribution in [1.82, 2.24) is 14.5 Å². The van der Waals surface area contributed by atoms with Gasteiger partial charge < -0.3 is 15.0 Å². The number of ether oxygens (including phenoxy) is 1. The van der Waals surface area contributed by atoms with E-state index in [1.165, 1.54) is 11.4 Å². The normalized spacial score (nSPS) is 30.5. The highest BCUT2D eigenvalue weighted by Crippen LogP contribution is 2.33. The van der Waals surface area contributed by atoms with Crippen molar-refractivity contribution in [3.05, 3.63) is 0 Å². The van der Waals surface area contributed by atoms with Crippen molar-refractivity contribution in [2.45, 2.75) is 49.8 Å². The smallest absolute Gasteiger partial charge is 0.310 e. The lowest BCUT2D eigenvalue weighted by atomic mass is 9.89. The lowest BCUT2D eigenvalue weighted by Gasteiger charge is -2.42. The van der Waals surface area contributed by atoms with Crippen LogP contribution in [0.3, 0.4) is 0 Å². The van der Waals surface area contributed by atoms with Crippen LogP contribution in [0.25, 0.3) is 0 Å². The van der Waals surface area contributed by atoms with E-state index in [-0.39, 0.29) is 24.4 Å². The number of carbonyl (C=O) groups is 2. The highest BCUT2D eigenvalue weighted by atomic mass is 35.5. The second kappa shape index (κ2) is 9.54. The molecule has 2 heterocycles. The van der Waals surface area contributed by atoms with Crippen molar-refractivity contribution in [3.63, 3.8) is 0 Å². The molecule has 156 valence electrons. The number of hydrogen-bond acceptors (Lipinski definition) is 6. The van der Waals surface area contributed by atoms with E-state index in [0.717, 1.165) is 32.2 Å². The second-order valence-electron chi connectivity index (χ2n) is 7.42. The second-order valence-corrected chi connectivity index (χ2v) is 9.57. The van der Waals surface area contributed by atoms with Crippen molar-refractivity contribution < 1.29 is 22.7 Å². The molecule has 1 aliphatic carbocycles. The number of nitrogens with one attached hydrogen (secondary N) is 1. The zero-order valence-corrected chi connectivity index (χ0v) is 17.4. The molecule has 1 amide bonds. The molecule has 1 saturated carbocycles. The van der Waals surface area contributed by atoms with Crippen LogP contribution in [0.15, 0.2) is 0 Å². The topological polar surface area (TPSA) is 96.0 Å². The van der Waals surface area contributed by atoms with Gasteiger partial charge in [-0.1, -0.05) is 12.8 Å². The number of esters is 1.